The zero-order valence-corrected chi connectivity index (χ0v) is 17.2. The fourth-order valence-electron chi connectivity index (χ4n) is 3.17. The van der Waals surface area contributed by atoms with Crippen molar-refractivity contribution in [1.82, 2.24) is 0 Å². The minimum atomic E-state index is -0.302. The largest absolute Gasteiger partial charge is 0.497 e. The summed E-state index contributed by atoms with van der Waals surface area (Å²) in [7, 11) is 3.12. The lowest BCUT2D eigenvalue weighted by Crippen LogP contribution is -2.15. The lowest BCUT2D eigenvalue weighted by atomic mass is 10.0. The molecule has 0 aromatic heterocycles. The number of hydrogen-bond acceptors (Lipinski definition) is 4. The molecule has 0 saturated carbocycles. The van der Waals surface area contributed by atoms with E-state index >= 15 is 0 Å². The van der Waals surface area contributed by atoms with E-state index in [-0.39, 0.29) is 11.7 Å². The van der Waals surface area contributed by atoms with Crippen molar-refractivity contribution in [2.24, 2.45) is 0 Å². The van der Waals surface area contributed by atoms with Gasteiger partial charge in [-0.2, -0.15) is 0 Å². The van der Waals surface area contributed by atoms with Gasteiger partial charge >= 0.3 is 0 Å². The van der Waals surface area contributed by atoms with Gasteiger partial charge in [0.25, 0.3) is 5.91 Å². The fourth-order valence-corrected chi connectivity index (χ4v) is 3.17. The van der Waals surface area contributed by atoms with Crippen LogP contribution in [0.1, 0.15) is 39.1 Å². The Balaban J connectivity index is 1.72. The standard InChI is InChI=1S/C25H25NO4/c1-29-20-13-11-19(12-14-20)25(28)26-23-17-21(30-2)15-16-22(23)24(27)10-6-9-18-7-4-3-5-8-18/h3-5,7-8,11-17H,6,9-10H2,1-2H3,(H,26,28). The second-order valence-electron chi connectivity index (χ2n) is 6.86. The second kappa shape index (κ2) is 10.3. The molecular formula is C25H25NO4. The maximum atomic E-state index is 12.8. The molecule has 0 atom stereocenters. The van der Waals surface area contributed by atoms with Gasteiger partial charge in [0.15, 0.2) is 5.78 Å². The summed E-state index contributed by atoms with van der Waals surface area (Å²) in [5, 5.41) is 2.85. The van der Waals surface area contributed by atoms with Crippen molar-refractivity contribution in [3.05, 3.63) is 89.5 Å². The average molecular weight is 403 g/mol. The van der Waals surface area contributed by atoms with Crippen LogP contribution in [0, 0.1) is 0 Å². The zero-order valence-electron chi connectivity index (χ0n) is 17.2. The van der Waals surface area contributed by atoms with E-state index < -0.39 is 0 Å². The Hall–Kier alpha value is -3.60. The zero-order chi connectivity index (χ0) is 21.3. The number of Topliss-reactive ketones (excluding diaryl/α,β-unsaturated/α-hetero) is 1. The van der Waals surface area contributed by atoms with Gasteiger partial charge in [0.2, 0.25) is 0 Å². The Bertz CT molecular complexity index is 997. The van der Waals surface area contributed by atoms with E-state index in [1.54, 1.807) is 56.7 Å². The van der Waals surface area contributed by atoms with Gasteiger partial charge in [-0.05, 0) is 54.8 Å². The van der Waals surface area contributed by atoms with Crippen LogP contribution < -0.4 is 14.8 Å². The molecule has 0 unspecified atom stereocenters. The third-order valence-corrected chi connectivity index (χ3v) is 4.84. The van der Waals surface area contributed by atoms with Crippen LogP contribution in [-0.4, -0.2) is 25.9 Å². The molecule has 30 heavy (non-hydrogen) atoms. The van der Waals surface area contributed by atoms with Crippen LogP contribution in [0.5, 0.6) is 11.5 Å². The fraction of sp³-hybridized carbons (Fsp3) is 0.200. The van der Waals surface area contributed by atoms with Gasteiger partial charge in [-0.3, -0.25) is 9.59 Å². The van der Waals surface area contributed by atoms with Crippen molar-refractivity contribution >= 4 is 17.4 Å². The third kappa shape index (κ3) is 5.47. The van der Waals surface area contributed by atoms with E-state index in [0.29, 0.717) is 34.7 Å². The number of amides is 1. The van der Waals surface area contributed by atoms with Crippen molar-refractivity contribution in [3.8, 4) is 11.5 Å². The topological polar surface area (TPSA) is 64.6 Å². The molecule has 0 aliphatic rings. The van der Waals surface area contributed by atoms with Crippen LogP contribution in [0.15, 0.2) is 72.8 Å². The minimum Gasteiger partial charge on any atom is -0.497 e. The summed E-state index contributed by atoms with van der Waals surface area (Å²) in [5.41, 5.74) is 2.60. The number of methoxy groups -OCH3 is 2. The highest BCUT2D eigenvalue weighted by Gasteiger charge is 2.16. The quantitative estimate of drug-likeness (QED) is 0.501. The highest BCUT2D eigenvalue weighted by Crippen LogP contribution is 2.25. The van der Waals surface area contributed by atoms with Crippen LogP contribution in [0.25, 0.3) is 0 Å². The lowest BCUT2D eigenvalue weighted by Gasteiger charge is -2.13. The van der Waals surface area contributed by atoms with Gasteiger partial charge in [-0.15, -0.1) is 0 Å². The van der Waals surface area contributed by atoms with Crippen LogP contribution in [0.4, 0.5) is 5.69 Å². The average Bonchev–Trinajstić information content (AvgIpc) is 2.79. The lowest BCUT2D eigenvalue weighted by molar-refractivity contribution is 0.0981. The summed E-state index contributed by atoms with van der Waals surface area (Å²) in [6, 6.07) is 22.0. The number of carbonyl (C=O) groups is 2. The van der Waals surface area contributed by atoms with Crippen molar-refractivity contribution < 1.29 is 19.1 Å². The molecule has 0 aliphatic heterocycles. The molecule has 0 aliphatic carbocycles. The van der Waals surface area contributed by atoms with E-state index in [1.807, 2.05) is 18.2 Å². The van der Waals surface area contributed by atoms with Crippen LogP contribution in [0.3, 0.4) is 0 Å². The maximum absolute atomic E-state index is 12.8. The van der Waals surface area contributed by atoms with Crippen LogP contribution in [0.2, 0.25) is 0 Å². The normalized spacial score (nSPS) is 10.3. The second-order valence-corrected chi connectivity index (χ2v) is 6.86. The number of benzene rings is 3. The van der Waals surface area contributed by atoms with Crippen LogP contribution >= 0.6 is 0 Å². The van der Waals surface area contributed by atoms with E-state index in [0.717, 1.165) is 12.8 Å². The van der Waals surface area contributed by atoms with E-state index in [2.05, 4.69) is 17.4 Å². The molecule has 3 rings (SSSR count). The SMILES string of the molecule is COc1ccc(C(=O)Nc2cc(OC)ccc2C(=O)CCCc2ccccc2)cc1. The van der Waals surface area contributed by atoms with Gasteiger partial charge in [0.1, 0.15) is 11.5 Å². The van der Waals surface area contributed by atoms with Crippen LogP contribution in [-0.2, 0) is 6.42 Å². The van der Waals surface area contributed by atoms with Crippen molar-refractivity contribution in [2.45, 2.75) is 19.3 Å². The molecule has 0 saturated heterocycles. The van der Waals surface area contributed by atoms with Gasteiger partial charge in [-0.25, -0.2) is 0 Å². The maximum Gasteiger partial charge on any atom is 0.255 e. The Kier molecular flexibility index (Phi) is 7.22. The first kappa shape index (κ1) is 21.1. The van der Waals surface area contributed by atoms with Gasteiger partial charge in [0.05, 0.1) is 19.9 Å². The third-order valence-electron chi connectivity index (χ3n) is 4.84. The highest BCUT2D eigenvalue weighted by molar-refractivity contribution is 6.09. The molecule has 3 aromatic carbocycles. The van der Waals surface area contributed by atoms with E-state index in [4.69, 9.17) is 9.47 Å². The molecule has 1 N–H and O–H groups in total. The Morgan fingerprint density at radius 1 is 0.833 bits per heavy atom. The van der Waals surface area contributed by atoms with Gasteiger partial charge < -0.3 is 14.8 Å². The number of rotatable bonds is 9. The number of nitrogens with one attached hydrogen (secondary N) is 1. The first-order chi connectivity index (χ1) is 14.6. The summed E-state index contributed by atoms with van der Waals surface area (Å²) >= 11 is 0. The summed E-state index contributed by atoms with van der Waals surface area (Å²) in [4.78, 5) is 25.5. The monoisotopic (exact) mass is 403 g/mol. The summed E-state index contributed by atoms with van der Waals surface area (Å²) in [5.74, 6) is 0.922. The first-order valence-corrected chi connectivity index (χ1v) is 9.81. The predicted octanol–water partition coefficient (Wildman–Crippen LogP) is 5.16. The predicted molar refractivity (Wildman–Crippen MR) is 118 cm³/mol. The number of aryl methyl sites for hydroxylation is 1. The number of ketones is 1. The Morgan fingerprint density at radius 3 is 2.17 bits per heavy atom. The van der Waals surface area contributed by atoms with Gasteiger partial charge in [-0.1, -0.05) is 30.3 Å². The molecule has 5 nitrogen and oxygen atoms in total. The van der Waals surface area contributed by atoms with E-state index in [1.165, 1.54) is 5.56 Å². The van der Waals surface area contributed by atoms with Crippen molar-refractivity contribution in [1.29, 1.82) is 0 Å². The van der Waals surface area contributed by atoms with Gasteiger partial charge in [0, 0.05) is 23.6 Å². The molecule has 0 heterocycles. The summed E-state index contributed by atoms with van der Waals surface area (Å²) in [6.07, 6.45) is 1.96. The smallest absolute Gasteiger partial charge is 0.255 e. The molecule has 0 fully saturated rings. The van der Waals surface area contributed by atoms with E-state index in [9.17, 15) is 9.59 Å². The first-order valence-electron chi connectivity index (χ1n) is 9.81. The van der Waals surface area contributed by atoms with Crippen molar-refractivity contribution in [3.63, 3.8) is 0 Å². The number of anilines is 1. The Labute approximate surface area is 176 Å². The molecule has 0 spiro atoms. The molecule has 154 valence electrons. The molecule has 0 radical (unpaired) electrons. The molecule has 1 amide bonds. The Morgan fingerprint density at radius 2 is 1.50 bits per heavy atom. The highest BCUT2D eigenvalue weighted by atomic mass is 16.5. The molecule has 0 bridgehead atoms. The minimum absolute atomic E-state index is 0.0152. The van der Waals surface area contributed by atoms with Crippen molar-refractivity contribution in [2.75, 3.05) is 19.5 Å². The molecular weight excluding hydrogens is 378 g/mol. The number of ether oxygens (including phenoxy) is 2. The summed E-state index contributed by atoms with van der Waals surface area (Å²) in [6.45, 7) is 0. The molecule has 3 aromatic rings. The summed E-state index contributed by atoms with van der Waals surface area (Å²) < 4.78 is 10.4. The number of hydrogen-bond donors (Lipinski definition) is 1. The number of carbonyl (C=O) groups excluding carboxylic acids is 2. The molecule has 5 heteroatoms.